The van der Waals surface area contributed by atoms with Crippen molar-refractivity contribution in [1.29, 1.82) is 0 Å². The third kappa shape index (κ3) is 5.34. The Morgan fingerprint density at radius 3 is 2.48 bits per heavy atom. The molecule has 0 atom stereocenters. The molecule has 2 rings (SSSR count). The van der Waals surface area contributed by atoms with Crippen LogP contribution in [0.3, 0.4) is 0 Å². The van der Waals surface area contributed by atoms with Crippen molar-refractivity contribution in [3.05, 3.63) is 41.2 Å². The number of carbonyl (C=O) groups is 2. The maximum Gasteiger partial charge on any atom is 0.322 e. The van der Waals surface area contributed by atoms with E-state index in [1.807, 2.05) is 39.0 Å². The normalized spacial score (nSPS) is 10.4. The van der Waals surface area contributed by atoms with Crippen LogP contribution in [0.4, 0.5) is 16.3 Å². The minimum Gasteiger partial charge on any atom is -0.360 e. The first-order valence-corrected chi connectivity index (χ1v) is 8.25. The van der Waals surface area contributed by atoms with Gasteiger partial charge in [-0.15, -0.1) is 0 Å². The van der Waals surface area contributed by atoms with E-state index < -0.39 is 0 Å². The monoisotopic (exact) mass is 344 g/mol. The molecule has 7 heteroatoms. The van der Waals surface area contributed by atoms with Crippen molar-refractivity contribution in [2.45, 2.75) is 34.1 Å². The fraction of sp³-hybridized carbons (Fsp3) is 0.389. The summed E-state index contributed by atoms with van der Waals surface area (Å²) in [4.78, 5) is 26.1. The van der Waals surface area contributed by atoms with Gasteiger partial charge in [-0.25, -0.2) is 4.79 Å². The third-order valence-electron chi connectivity index (χ3n) is 3.77. The summed E-state index contributed by atoms with van der Waals surface area (Å²) in [6.07, 6.45) is 0.747. The van der Waals surface area contributed by atoms with Crippen LogP contribution in [0.25, 0.3) is 0 Å². The molecule has 1 heterocycles. The molecular formula is C18H24N4O3. The van der Waals surface area contributed by atoms with E-state index in [0.717, 1.165) is 17.5 Å². The van der Waals surface area contributed by atoms with Crippen molar-refractivity contribution in [3.8, 4) is 0 Å². The molecule has 25 heavy (non-hydrogen) atoms. The van der Waals surface area contributed by atoms with E-state index in [-0.39, 0.29) is 18.5 Å². The predicted molar refractivity (Wildman–Crippen MR) is 96.7 cm³/mol. The van der Waals surface area contributed by atoms with Gasteiger partial charge < -0.3 is 20.1 Å². The van der Waals surface area contributed by atoms with Gasteiger partial charge >= 0.3 is 6.03 Å². The smallest absolute Gasteiger partial charge is 0.322 e. The lowest BCUT2D eigenvalue weighted by atomic mass is 10.1. The first-order valence-electron chi connectivity index (χ1n) is 8.25. The van der Waals surface area contributed by atoms with Gasteiger partial charge in [0.1, 0.15) is 12.3 Å². The second-order valence-electron chi connectivity index (χ2n) is 6.02. The zero-order chi connectivity index (χ0) is 18.4. The van der Waals surface area contributed by atoms with Gasteiger partial charge in [0.2, 0.25) is 5.91 Å². The summed E-state index contributed by atoms with van der Waals surface area (Å²) >= 11 is 0. The lowest BCUT2D eigenvalue weighted by Gasteiger charge is -2.22. The molecule has 0 unspecified atom stereocenters. The summed E-state index contributed by atoms with van der Waals surface area (Å²) in [5.74, 6) is 0.624. The quantitative estimate of drug-likeness (QED) is 0.840. The molecule has 0 fully saturated rings. The molecule has 1 aromatic heterocycles. The Kier molecular flexibility index (Phi) is 6.16. The van der Waals surface area contributed by atoms with Crippen molar-refractivity contribution in [2.24, 2.45) is 0 Å². The molecular weight excluding hydrogens is 320 g/mol. The van der Waals surface area contributed by atoms with Crippen molar-refractivity contribution >= 4 is 23.4 Å². The highest BCUT2D eigenvalue weighted by atomic mass is 16.5. The molecule has 0 aliphatic heterocycles. The summed E-state index contributed by atoms with van der Waals surface area (Å²) in [5.41, 5.74) is 2.96. The highest BCUT2D eigenvalue weighted by molar-refractivity contribution is 5.96. The van der Waals surface area contributed by atoms with E-state index in [2.05, 4.69) is 15.8 Å². The van der Waals surface area contributed by atoms with Crippen LogP contribution in [0.1, 0.15) is 30.2 Å². The number of nitrogens with one attached hydrogen (secondary N) is 2. The highest BCUT2D eigenvalue weighted by Gasteiger charge is 2.17. The van der Waals surface area contributed by atoms with Gasteiger partial charge in [0.15, 0.2) is 5.82 Å². The number of aromatic nitrogens is 1. The largest absolute Gasteiger partial charge is 0.360 e. The zero-order valence-corrected chi connectivity index (χ0v) is 15.0. The predicted octanol–water partition coefficient (Wildman–Crippen LogP) is 3.48. The Morgan fingerprint density at radius 2 is 1.88 bits per heavy atom. The van der Waals surface area contributed by atoms with Gasteiger partial charge in [0.25, 0.3) is 0 Å². The Labute approximate surface area is 147 Å². The average molecular weight is 344 g/mol. The molecule has 0 radical (unpaired) electrons. The van der Waals surface area contributed by atoms with Gasteiger partial charge in [0.05, 0.1) is 0 Å². The average Bonchev–Trinajstić information content (AvgIpc) is 2.95. The second-order valence-corrected chi connectivity index (χ2v) is 6.02. The van der Waals surface area contributed by atoms with Gasteiger partial charge in [-0.05, 0) is 50.5 Å². The number of carbonyl (C=O) groups excluding carboxylic acids is 2. The van der Waals surface area contributed by atoms with Crippen molar-refractivity contribution in [1.82, 2.24) is 10.1 Å². The zero-order valence-electron chi connectivity index (χ0n) is 15.0. The van der Waals surface area contributed by atoms with Crippen LogP contribution in [0.15, 0.2) is 28.8 Å². The third-order valence-corrected chi connectivity index (χ3v) is 3.77. The number of amides is 3. The van der Waals surface area contributed by atoms with Gasteiger partial charge in [-0.3, -0.25) is 4.79 Å². The number of hydrogen-bond acceptors (Lipinski definition) is 4. The molecule has 0 saturated heterocycles. The molecule has 0 spiro atoms. The van der Waals surface area contributed by atoms with Gasteiger partial charge in [-0.1, -0.05) is 18.1 Å². The van der Waals surface area contributed by atoms with Crippen molar-refractivity contribution < 1.29 is 14.1 Å². The van der Waals surface area contributed by atoms with Gasteiger partial charge in [-0.2, -0.15) is 0 Å². The number of benzene rings is 1. The van der Waals surface area contributed by atoms with Crippen molar-refractivity contribution in [2.75, 3.05) is 23.7 Å². The van der Waals surface area contributed by atoms with Crippen LogP contribution >= 0.6 is 0 Å². The number of rotatable bonds is 6. The maximum atomic E-state index is 12.5. The molecule has 2 aromatic rings. The minimum absolute atomic E-state index is 0.0591. The molecule has 1 aromatic carbocycles. The van der Waals surface area contributed by atoms with Crippen molar-refractivity contribution in [3.63, 3.8) is 0 Å². The number of urea groups is 1. The molecule has 0 aliphatic carbocycles. The van der Waals surface area contributed by atoms with Crippen LogP contribution < -0.4 is 10.6 Å². The summed E-state index contributed by atoms with van der Waals surface area (Å²) < 4.78 is 4.91. The topological polar surface area (TPSA) is 87.5 Å². The molecule has 0 aliphatic rings. The SMILES string of the molecule is CCCN(CC(=O)Nc1cc(C)on1)C(=O)Nc1ccc(C)c(C)c1. The first-order chi connectivity index (χ1) is 11.9. The molecule has 0 bridgehead atoms. The number of anilines is 2. The molecule has 134 valence electrons. The fourth-order valence-corrected chi connectivity index (χ4v) is 2.33. The van der Waals surface area contributed by atoms with E-state index in [9.17, 15) is 9.59 Å². The van der Waals surface area contributed by atoms with Crippen LogP contribution in [-0.2, 0) is 4.79 Å². The standard InChI is InChI=1S/C18H24N4O3/c1-5-8-22(11-17(23)20-16-10-14(4)25-21-16)18(24)19-15-7-6-12(2)13(3)9-15/h6-7,9-10H,5,8,11H2,1-4H3,(H,19,24)(H,20,21,23). The van der Waals surface area contributed by atoms with E-state index >= 15 is 0 Å². The Balaban J connectivity index is 1.99. The first kappa shape index (κ1) is 18.5. The van der Waals surface area contributed by atoms with Crippen LogP contribution in [-0.4, -0.2) is 35.1 Å². The Morgan fingerprint density at radius 1 is 1.12 bits per heavy atom. The summed E-state index contributed by atoms with van der Waals surface area (Å²) in [6, 6.07) is 7.03. The number of aryl methyl sites for hydroxylation is 3. The molecule has 7 nitrogen and oxygen atoms in total. The fourth-order valence-electron chi connectivity index (χ4n) is 2.33. The lowest BCUT2D eigenvalue weighted by Crippen LogP contribution is -2.41. The van der Waals surface area contributed by atoms with Crippen LogP contribution in [0, 0.1) is 20.8 Å². The number of hydrogen-bond donors (Lipinski definition) is 2. The van der Waals surface area contributed by atoms with Gasteiger partial charge in [0, 0.05) is 18.3 Å². The number of nitrogens with zero attached hydrogens (tertiary/aromatic N) is 2. The highest BCUT2D eigenvalue weighted by Crippen LogP contribution is 2.15. The van der Waals surface area contributed by atoms with E-state index in [4.69, 9.17) is 4.52 Å². The van der Waals surface area contributed by atoms with Crippen LogP contribution in [0.2, 0.25) is 0 Å². The summed E-state index contributed by atoms with van der Waals surface area (Å²) in [5, 5.41) is 9.18. The van der Waals surface area contributed by atoms with E-state index in [1.165, 1.54) is 4.90 Å². The second kappa shape index (κ2) is 8.32. The molecule has 2 N–H and O–H groups in total. The summed E-state index contributed by atoms with van der Waals surface area (Å²) in [7, 11) is 0. The molecule has 0 saturated carbocycles. The Bertz CT molecular complexity index is 755. The lowest BCUT2D eigenvalue weighted by molar-refractivity contribution is -0.116. The summed E-state index contributed by atoms with van der Waals surface area (Å²) in [6.45, 7) is 8.11. The van der Waals surface area contributed by atoms with Crippen LogP contribution in [0.5, 0.6) is 0 Å². The maximum absolute atomic E-state index is 12.5. The van der Waals surface area contributed by atoms with E-state index in [1.54, 1.807) is 13.0 Å². The molecule has 3 amide bonds. The minimum atomic E-state index is -0.322. The van der Waals surface area contributed by atoms with E-state index in [0.29, 0.717) is 23.8 Å². The Hall–Kier alpha value is -2.83.